The van der Waals surface area contributed by atoms with Gasteiger partial charge >= 0.3 is 0 Å². The number of aryl methyl sites for hydroxylation is 1. The Morgan fingerprint density at radius 2 is 1.55 bits per heavy atom. The number of hydrogen-bond donors (Lipinski definition) is 1. The summed E-state index contributed by atoms with van der Waals surface area (Å²) in [5, 5.41) is 3.46. The lowest BCUT2D eigenvalue weighted by molar-refractivity contribution is -0.140. The van der Waals surface area contributed by atoms with Gasteiger partial charge in [-0.15, -0.1) is 0 Å². The summed E-state index contributed by atoms with van der Waals surface area (Å²) < 4.78 is 44.7. The van der Waals surface area contributed by atoms with Crippen molar-refractivity contribution in [3.05, 3.63) is 130 Å². The summed E-state index contributed by atoms with van der Waals surface area (Å²) in [7, 11) is -4.29. The number of amides is 2. The van der Waals surface area contributed by atoms with Gasteiger partial charge in [-0.05, 0) is 68.1 Å². The number of halogens is 2. The molecule has 1 saturated carbocycles. The van der Waals surface area contributed by atoms with E-state index in [9.17, 15) is 18.0 Å². The van der Waals surface area contributed by atoms with Crippen molar-refractivity contribution in [2.45, 2.75) is 69.5 Å². The smallest absolute Gasteiger partial charge is 0.264 e. The maximum absolute atomic E-state index is 15.1. The van der Waals surface area contributed by atoms with E-state index in [1.54, 1.807) is 55.5 Å². The molecule has 0 heterocycles. The van der Waals surface area contributed by atoms with E-state index in [-0.39, 0.29) is 41.1 Å². The Hall–Kier alpha value is -4.21. The van der Waals surface area contributed by atoms with Crippen molar-refractivity contribution >= 4 is 39.1 Å². The molecule has 4 aromatic rings. The average molecular weight is 676 g/mol. The summed E-state index contributed by atoms with van der Waals surface area (Å²) in [6.07, 6.45) is 3.82. The predicted molar refractivity (Wildman–Crippen MR) is 183 cm³/mol. The summed E-state index contributed by atoms with van der Waals surface area (Å²) in [6.45, 7) is 2.65. The number of sulfonamides is 1. The van der Waals surface area contributed by atoms with Crippen molar-refractivity contribution in [3.63, 3.8) is 0 Å². The molecule has 5 rings (SSSR count). The fourth-order valence-corrected chi connectivity index (χ4v) is 7.59. The molecule has 1 aliphatic carbocycles. The minimum atomic E-state index is -4.29. The molecule has 1 aliphatic rings. The Morgan fingerprint density at radius 3 is 2.23 bits per heavy atom. The first-order valence-electron chi connectivity index (χ1n) is 15.8. The maximum atomic E-state index is 15.1. The highest BCUT2D eigenvalue weighted by atomic mass is 35.5. The zero-order valence-electron chi connectivity index (χ0n) is 26.5. The average Bonchev–Trinajstić information content (AvgIpc) is 3.57. The molecular weight excluding hydrogens is 637 g/mol. The van der Waals surface area contributed by atoms with Crippen LogP contribution in [0.4, 0.5) is 10.1 Å². The summed E-state index contributed by atoms with van der Waals surface area (Å²) in [5.74, 6) is -1.56. The highest BCUT2D eigenvalue weighted by Gasteiger charge is 2.36. The van der Waals surface area contributed by atoms with Gasteiger partial charge in [0.15, 0.2) is 0 Å². The van der Waals surface area contributed by atoms with Gasteiger partial charge in [-0.25, -0.2) is 12.8 Å². The second-order valence-corrected chi connectivity index (χ2v) is 14.3. The van der Waals surface area contributed by atoms with Crippen LogP contribution in [0.1, 0.15) is 47.9 Å². The number of nitrogens with one attached hydrogen (secondary N) is 1. The van der Waals surface area contributed by atoms with Crippen LogP contribution in [0.25, 0.3) is 0 Å². The third kappa shape index (κ3) is 8.21. The molecule has 47 heavy (non-hydrogen) atoms. The quantitative estimate of drug-likeness (QED) is 0.175. The Balaban J connectivity index is 1.60. The van der Waals surface area contributed by atoms with Crippen molar-refractivity contribution in [1.29, 1.82) is 0 Å². The van der Waals surface area contributed by atoms with Gasteiger partial charge in [0.1, 0.15) is 18.4 Å². The maximum Gasteiger partial charge on any atom is 0.264 e. The number of rotatable bonds is 12. The number of anilines is 1. The zero-order chi connectivity index (χ0) is 33.6. The van der Waals surface area contributed by atoms with Gasteiger partial charge < -0.3 is 10.2 Å². The normalized spacial score (nSPS) is 14.0. The Labute approximate surface area is 281 Å². The molecule has 1 atom stereocenters. The topological polar surface area (TPSA) is 86.8 Å². The van der Waals surface area contributed by atoms with Crippen LogP contribution in [0, 0.1) is 19.7 Å². The van der Waals surface area contributed by atoms with Gasteiger partial charge in [0.05, 0.1) is 10.6 Å². The van der Waals surface area contributed by atoms with E-state index in [0.717, 1.165) is 41.1 Å². The summed E-state index contributed by atoms with van der Waals surface area (Å²) in [6, 6.07) is 25.5. The summed E-state index contributed by atoms with van der Waals surface area (Å²) in [5.41, 5.74) is 2.59. The predicted octanol–water partition coefficient (Wildman–Crippen LogP) is 6.99. The molecule has 10 heteroatoms. The molecule has 7 nitrogen and oxygen atoms in total. The van der Waals surface area contributed by atoms with E-state index >= 15 is 4.39 Å². The second-order valence-electron chi connectivity index (χ2n) is 12.0. The van der Waals surface area contributed by atoms with Crippen LogP contribution in [-0.2, 0) is 32.6 Å². The SMILES string of the molecule is Cc1ccc(S(=O)(=O)N(CC(=O)N(Cc2ccccc2F)[C@H](Cc2ccccc2)C(=O)NC2CCCC2)c2cccc(Cl)c2C)cc1. The molecule has 2 amide bonds. The lowest BCUT2D eigenvalue weighted by Gasteiger charge is -2.34. The number of carbonyl (C=O) groups is 2. The van der Waals surface area contributed by atoms with Crippen LogP contribution in [-0.4, -0.2) is 43.8 Å². The van der Waals surface area contributed by atoms with E-state index in [2.05, 4.69) is 5.32 Å². The molecular formula is C37H39ClFN3O4S. The molecule has 0 radical (unpaired) electrons. The number of benzene rings is 4. The largest absolute Gasteiger partial charge is 0.352 e. The van der Waals surface area contributed by atoms with Crippen LogP contribution in [0.5, 0.6) is 0 Å². The van der Waals surface area contributed by atoms with E-state index in [1.807, 2.05) is 37.3 Å². The molecule has 246 valence electrons. The Bertz CT molecular complexity index is 1810. The molecule has 1 fully saturated rings. The molecule has 0 aromatic heterocycles. The van der Waals surface area contributed by atoms with Crippen molar-refractivity contribution < 1.29 is 22.4 Å². The van der Waals surface area contributed by atoms with Crippen molar-refractivity contribution in [1.82, 2.24) is 10.2 Å². The third-order valence-corrected chi connectivity index (χ3v) is 10.9. The molecule has 0 saturated heterocycles. The first-order chi connectivity index (χ1) is 22.5. The van der Waals surface area contributed by atoms with Gasteiger partial charge in [-0.3, -0.25) is 13.9 Å². The molecule has 0 unspecified atom stereocenters. The zero-order valence-corrected chi connectivity index (χ0v) is 28.1. The van der Waals surface area contributed by atoms with Crippen molar-refractivity contribution in [2.24, 2.45) is 0 Å². The number of nitrogens with zero attached hydrogens (tertiary/aromatic N) is 2. The van der Waals surface area contributed by atoms with Crippen LogP contribution in [0.2, 0.25) is 5.02 Å². The van der Waals surface area contributed by atoms with Crippen LogP contribution in [0.15, 0.2) is 102 Å². The number of carbonyl (C=O) groups excluding carboxylic acids is 2. The van der Waals surface area contributed by atoms with Gasteiger partial charge in [0.2, 0.25) is 11.8 Å². The first kappa shape index (κ1) is 34.1. The highest BCUT2D eigenvalue weighted by Crippen LogP contribution is 2.32. The Morgan fingerprint density at radius 1 is 0.894 bits per heavy atom. The van der Waals surface area contributed by atoms with E-state index in [4.69, 9.17) is 11.6 Å². The molecule has 0 bridgehead atoms. The standard InChI is InChI=1S/C37H39ClFN3O4S/c1-26-19-21-31(22-20-26)47(45,46)42(34-18-10-16-32(38)27(34)2)25-36(43)41(24-29-13-6-9-17-33(29)39)35(23-28-11-4-3-5-12-28)37(44)40-30-14-7-8-15-30/h3-6,9-13,16-22,30,35H,7-8,14-15,23-25H2,1-2H3,(H,40,44)/t35-/m1/s1. The monoisotopic (exact) mass is 675 g/mol. The fourth-order valence-electron chi connectivity index (χ4n) is 5.95. The van der Waals surface area contributed by atoms with E-state index in [1.165, 1.54) is 23.1 Å². The van der Waals surface area contributed by atoms with Crippen LogP contribution >= 0.6 is 11.6 Å². The van der Waals surface area contributed by atoms with Crippen LogP contribution in [0.3, 0.4) is 0 Å². The Kier molecular flexibility index (Phi) is 11.0. The highest BCUT2D eigenvalue weighted by molar-refractivity contribution is 7.92. The van der Waals surface area contributed by atoms with Gasteiger partial charge in [-0.1, -0.05) is 96.7 Å². The molecule has 0 aliphatic heterocycles. The molecule has 1 N–H and O–H groups in total. The summed E-state index contributed by atoms with van der Waals surface area (Å²) in [4.78, 5) is 30.0. The third-order valence-electron chi connectivity index (χ3n) is 8.67. The van der Waals surface area contributed by atoms with Crippen molar-refractivity contribution in [2.75, 3.05) is 10.8 Å². The number of hydrogen-bond acceptors (Lipinski definition) is 4. The second kappa shape index (κ2) is 15.1. The molecule has 4 aromatic carbocycles. The van der Waals surface area contributed by atoms with Crippen molar-refractivity contribution in [3.8, 4) is 0 Å². The van der Waals surface area contributed by atoms with Gasteiger partial charge in [0.25, 0.3) is 10.0 Å². The first-order valence-corrected chi connectivity index (χ1v) is 17.6. The minimum Gasteiger partial charge on any atom is -0.352 e. The van der Waals surface area contributed by atoms with E-state index < -0.39 is 34.3 Å². The lowest BCUT2D eigenvalue weighted by atomic mass is 10.0. The summed E-state index contributed by atoms with van der Waals surface area (Å²) >= 11 is 6.45. The molecule has 0 spiro atoms. The van der Waals surface area contributed by atoms with Gasteiger partial charge in [-0.2, -0.15) is 0 Å². The van der Waals surface area contributed by atoms with E-state index in [0.29, 0.717) is 10.6 Å². The van der Waals surface area contributed by atoms with Crippen LogP contribution < -0.4 is 9.62 Å². The lowest BCUT2D eigenvalue weighted by Crippen LogP contribution is -2.54. The minimum absolute atomic E-state index is 0.00394. The van der Waals surface area contributed by atoms with Gasteiger partial charge in [0, 0.05) is 29.6 Å². The fraction of sp³-hybridized carbons (Fsp3) is 0.297.